The third kappa shape index (κ3) is 6.71. The van der Waals surface area contributed by atoms with Crippen LogP contribution in [0.15, 0.2) is 24.3 Å². The van der Waals surface area contributed by atoms with Gasteiger partial charge in [0.25, 0.3) is 0 Å². The summed E-state index contributed by atoms with van der Waals surface area (Å²) in [7, 11) is 0. The molecule has 33 heavy (non-hydrogen) atoms. The fourth-order valence-corrected chi connectivity index (χ4v) is 7.03. The standard InChI is InChI=1S/C31H47FO/c1-3-5-7-8-9-10-23-11-12-27-20-28(22-31(32)30(27)18-23)25-13-14-26-21-29(33-17-6-4-2)16-15-24(26)19-25/h4,6,20,22-26,29H,3,5,7-19,21H2,1-2H3/b6-4+. The van der Waals surface area contributed by atoms with Gasteiger partial charge in [-0.1, -0.05) is 63.7 Å². The number of benzene rings is 1. The van der Waals surface area contributed by atoms with Gasteiger partial charge in [0.15, 0.2) is 0 Å². The maximum Gasteiger partial charge on any atom is 0.126 e. The lowest BCUT2D eigenvalue weighted by Crippen LogP contribution is -2.34. The molecule has 0 radical (unpaired) electrons. The second-order valence-corrected chi connectivity index (χ2v) is 11.3. The zero-order valence-corrected chi connectivity index (χ0v) is 21.3. The van der Waals surface area contributed by atoms with Crippen molar-refractivity contribution in [3.05, 3.63) is 46.8 Å². The molecule has 0 saturated heterocycles. The topological polar surface area (TPSA) is 9.23 Å². The highest BCUT2D eigenvalue weighted by Crippen LogP contribution is 2.47. The van der Waals surface area contributed by atoms with Gasteiger partial charge >= 0.3 is 0 Å². The molecular formula is C31H47FO. The number of unbranched alkanes of at least 4 members (excludes halogenated alkanes) is 4. The molecule has 1 aromatic carbocycles. The van der Waals surface area contributed by atoms with Crippen molar-refractivity contribution in [3.8, 4) is 0 Å². The third-order valence-electron chi connectivity index (χ3n) is 9.04. The SMILES string of the molecule is C/C=C/COC1CCC2CC(c3cc(F)c4c(c3)CCC(CCCCCCC)C4)CCC2C1. The Hall–Kier alpha value is -1.15. The molecule has 5 unspecified atom stereocenters. The summed E-state index contributed by atoms with van der Waals surface area (Å²) in [4.78, 5) is 0. The lowest BCUT2D eigenvalue weighted by atomic mass is 9.65. The number of halogens is 1. The lowest BCUT2D eigenvalue weighted by Gasteiger charge is -2.42. The average Bonchev–Trinajstić information content (AvgIpc) is 2.84. The molecule has 4 rings (SSSR count). The van der Waals surface area contributed by atoms with Crippen molar-refractivity contribution >= 4 is 0 Å². The largest absolute Gasteiger partial charge is 0.374 e. The van der Waals surface area contributed by atoms with E-state index in [2.05, 4.69) is 32.1 Å². The Labute approximate surface area is 202 Å². The Kier molecular flexibility index (Phi) is 9.47. The minimum Gasteiger partial charge on any atom is -0.374 e. The first-order valence-electron chi connectivity index (χ1n) is 14.2. The van der Waals surface area contributed by atoms with Crippen molar-refractivity contribution in [1.82, 2.24) is 0 Å². The second kappa shape index (κ2) is 12.5. The fourth-order valence-electron chi connectivity index (χ4n) is 7.03. The van der Waals surface area contributed by atoms with Crippen molar-refractivity contribution in [3.63, 3.8) is 0 Å². The van der Waals surface area contributed by atoms with Gasteiger partial charge in [-0.2, -0.15) is 0 Å². The minimum atomic E-state index is 0.0985. The molecule has 2 heteroatoms. The molecule has 5 atom stereocenters. The molecule has 0 aliphatic heterocycles. The molecule has 0 bridgehead atoms. The maximum atomic E-state index is 15.3. The van der Waals surface area contributed by atoms with E-state index in [0.717, 1.165) is 36.8 Å². The van der Waals surface area contributed by atoms with Crippen LogP contribution >= 0.6 is 0 Å². The first-order chi connectivity index (χ1) is 16.2. The highest BCUT2D eigenvalue weighted by atomic mass is 19.1. The first-order valence-corrected chi connectivity index (χ1v) is 14.2. The maximum absolute atomic E-state index is 15.3. The van der Waals surface area contributed by atoms with E-state index in [1.165, 1.54) is 94.6 Å². The van der Waals surface area contributed by atoms with Crippen LogP contribution in [-0.2, 0) is 17.6 Å². The van der Waals surface area contributed by atoms with E-state index < -0.39 is 0 Å². The van der Waals surface area contributed by atoms with Crippen LogP contribution in [-0.4, -0.2) is 12.7 Å². The van der Waals surface area contributed by atoms with E-state index in [4.69, 9.17) is 4.74 Å². The van der Waals surface area contributed by atoms with Gasteiger partial charge in [0.1, 0.15) is 5.82 Å². The summed E-state index contributed by atoms with van der Waals surface area (Å²) in [6, 6.07) is 4.34. The molecule has 0 heterocycles. The highest BCUT2D eigenvalue weighted by Gasteiger charge is 2.36. The summed E-state index contributed by atoms with van der Waals surface area (Å²) >= 11 is 0. The van der Waals surface area contributed by atoms with E-state index in [-0.39, 0.29) is 5.82 Å². The molecule has 3 aliphatic rings. The number of fused-ring (bicyclic) bond motifs is 2. The second-order valence-electron chi connectivity index (χ2n) is 11.3. The number of hydrogen-bond donors (Lipinski definition) is 0. The highest BCUT2D eigenvalue weighted by molar-refractivity contribution is 5.37. The van der Waals surface area contributed by atoms with E-state index in [1.54, 1.807) is 0 Å². The zero-order chi connectivity index (χ0) is 23.0. The summed E-state index contributed by atoms with van der Waals surface area (Å²) in [5, 5.41) is 0. The van der Waals surface area contributed by atoms with Crippen LogP contribution in [0.3, 0.4) is 0 Å². The molecule has 3 aliphatic carbocycles. The first kappa shape index (κ1) is 25.0. The van der Waals surface area contributed by atoms with Gasteiger partial charge in [-0.3, -0.25) is 0 Å². The normalized spacial score (nSPS) is 29.7. The van der Waals surface area contributed by atoms with Crippen LogP contribution in [0, 0.1) is 23.6 Å². The molecule has 0 N–H and O–H groups in total. The third-order valence-corrected chi connectivity index (χ3v) is 9.04. The quantitative estimate of drug-likeness (QED) is 0.253. The summed E-state index contributed by atoms with van der Waals surface area (Å²) < 4.78 is 21.3. The van der Waals surface area contributed by atoms with Crippen LogP contribution in [0.5, 0.6) is 0 Å². The van der Waals surface area contributed by atoms with Gasteiger partial charge in [-0.15, -0.1) is 0 Å². The monoisotopic (exact) mass is 454 g/mol. The number of ether oxygens (including phenoxy) is 1. The van der Waals surface area contributed by atoms with E-state index in [9.17, 15) is 0 Å². The number of hydrogen-bond acceptors (Lipinski definition) is 1. The van der Waals surface area contributed by atoms with Crippen molar-refractivity contribution in [1.29, 1.82) is 0 Å². The summed E-state index contributed by atoms with van der Waals surface area (Å²) in [5.41, 5.74) is 3.68. The summed E-state index contributed by atoms with van der Waals surface area (Å²) in [6.07, 6.45) is 23.4. The van der Waals surface area contributed by atoms with Crippen LogP contribution in [0.4, 0.5) is 4.39 Å². The smallest absolute Gasteiger partial charge is 0.126 e. The lowest BCUT2D eigenvalue weighted by molar-refractivity contribution is -0.00321. The van der Waals surface area contributed by atoms with Crippen LogP contribution in [0.1, 0.15) is 120 Å². The Morgan fingerprint density at radius 3 is 2.64 bits per heavy atom. The predicted molar refractivity (Wildman–Crippen MR) is 137 cm³/mol. The molecule has 2 fully saturated rings. The molecule has 1 aromatic rings. The Morgan fingerprint density at radius 1 is 0.970 bits per heavy atom. The zero-order valence-electron chi connectivity index (χ0n) is 21.3. The van der Waals surface area contributed by atoms with Gasteiger partial charge in [0, 0.05) is 0 Å². The Bertz CT molecular complexity index is 768. The van der Waals surface area contributed by atoms with E-state index in [1.807, 2.05) is 6.07 Å². The van der Waals surface area contributed by atoms with Gasteiger partial charge in [0.2, 0.25) is 0 Å². The van der Waals surface area contributed by atoms with Gasteiger partial charge in [0.05, 0.1) is 12.7 Å². The van der Waals surface area contributed by atoms with Crippen molar-refractivity contribution in [2.45, 2.75) is 122 Å². The van der Waals surface area contributed by atoms with Crippen LogP contribution < -0.4 is 0 Å². The Balaban J connectivity index is 1.30. The average molecular weight is 455 g/mol. The summed E-state index contributed by atoms with van der Waals surface area (Å²) in [6.45, 7) is 5.09. The predicted octanol–water partition coefficient (Wildman–Crippen LogP) is 8.94. The van der Waals surface area contributed by atoms with Crippen LogP contribution in [0.25, 0.3) is 0 Å². The number of rotatable bonds is 10. The summed E-state index contributed by atoms with van der Waals surface area (Å²) in [5.74, 6) is 2.97. The van der Waals surface area contributed by atoms with E-state index >= 15 is 4.39 Å². The molecule has 0 amide bonds. The van der Waals surface area contributed by atoms with Crippen molar-refractivity contribution in [2.24, 2.45) is 17.8 Å². The van der Waals surface area contributed by atoms with E-state index in [0.29, 0.717) is 17.9 Å². The van der Waals surface area contributed by atoms with Crippen molar-refractivity contribution in [2.75, 3.05) is 6.61 Å². The molecular weight excluding hydrogens is 407 g/mol. The molecule has 0 spiro atoms. The fraction of sp³-hybridized carbons (Fsp3) is 0.742. The van der Waals surface area contributed by atoms with Crippen molar-refractivity contribution < 1.29 is 9.13 Å². The van der Waals surface area contributed by atoms with Crippen LogP contribution in [0.2, 0.25) is 0 Å². The molecule has 184 valence electrons. The Morgan fingerprint density at radius 2 is 1.79 bits per heavy atom. The van der Waals surface area contributed by atoms with Gasteiger partial charge < -0.3 is 4.74 Å². The number of allylic oxidation sites excluding steroid dienone is 1. The van der Waals surface area contributed by atoms with Gasteiger partial charge in [-0.25, -0.2) is 4.39 Å². The molecule has 1 nitrogen and oxygen atoms in total. The molecule has 2 saturated carbocycles. The minimum absolute atomic E-state index is 0.0985. The van der Waals surface area contributed by atoms with Gasteiger partial charge in [-0.05, 0) is 111 Å². The number of aryl methyl sites for hydroxylation is 1. The molecule has 0 aromatic heterocycles.